The van der Waals surface area contributed by atoms with Crippen molar-refractivity contribution in [2.24, 2.45) is 0 Å². The van der Waals surface area contributed by atoms with E-state index in [1.807, 2.05) is 0 Å². The minimum absolute atomic E-state index is 0.0977. The lowest BCUT2D eigenvalue weighted by Crippen LogP contribution is -2.50. The number of nitrogens with zero attached hydrogens (tertiary/aromatic N) is 2. The number of methoxy groups -OCH3 is 1. The van der Waals surface area contributed by atoms with Crippen LogP contribution in [0.1, 0.15) is 16.9 Å². The van der Waals surface area contributed by atoms with Crippen molar-refractivity contribution in [3.63, 3.8) is 0 Å². The molecule has 0 spiro atoms. The van der Waals surface area contributed by atoms with Crippen molar-refractivity contribution in [3.05, 3.63) is 16.9 Å². The third-order valence-corrected chi connectivity index (χ3v) is 3.92. The third kappa shape index (κ3) is 3.57. The zero-order valence-electron chi connectivity index (χ0n) is 12.5. The van der Waals surface area contributed by atoms with Crippen LogP contribution in [0, 0.1) is 0 Å². The fourth-order valence-corrected chi connectivity index (χ4v) is 2.51. The van der Waals surface area contributed by atoms with Gasteiger partial charge in [-0.15, -0.1) is 0 Å². The maximum absolute atomic E-state index is 12.6. The molecule has 0 unspecified atom stereocenters. The van der Waals surface area contributed by atoms with Crippen molar-refractivity contribution in [3.8, 4) is 0 Å². The molecular formula is C13H19ClN4O4. The molecule has 122 valence electrons. The predicted octanol–water partition coefficient (Wildman–Crippen LogP) is 0.0568. The summed E-state index contributed by atoms with van der Waals surface area (Å²) in [5, 5.41) is 9.15. The summed E-state index contributed by atoms with van der Waals surface area (Å²) in [6.07, 6.45) is 1.47. The molecule has 2 rings (SSSR count). The first kappa shape index (κ1) is 16.7. The maximum atomic E-state index is 12.6. The second-order valence-electron chi connectivity index (χ2n) is 5.11. The fraction of sp³-hybridized carbons (Fsp3) is 0.615. The number of hydrogen-bond donors (Lipinski definition) is 2. The van der Waals surface area contributed by atoms with E-state index in [4.69, 9.17) is 21.1 Å². The average Bonchev–Trinajstić information content (AvgIpc) is 2.83. The van der Waals surface area contributed by atoms with Crippen LogP contribution in [-0.4, -0.2) is 73.0 Å². The number of aromatic amines is 1. The van der Waals surface area contributed by atoms with E-state index in [0.717, 1.165) is 0 Å². The van der Waals surface area contributed by atoms with Crippen LogP contribution < -0.4 is 5.32 Å². The monoisotopic (exact) mass is 330 g/mol. The molecule has 1 atom stereocenters. The number of halogens is 1. The van der Waals surface area contributed by atoms with Crippen molar-refractivity contribution < 1.29 is 19.1 Å². The Morgan fingerprint density at radius 2 is 2.41 bits per heavy atom. The molecule has 9 heteroatoms. The Balaban J connectivity index is 2.20. The molecule has 22 heavy (non-hydrogen) atoms. The molecular weight excluding hydrogens is 312 g/mol. The van der Waals surface area contributed by atoms with Gasteiger partial charge in [-0.3, -0.25) is 14.7 Å². The van der Waals surface area contributed by atoms with E-state index in [0.29, 0.717) is 13.2 Å². The number of H-pyrrole nitrogens is 1. The molecule has 0 bridgehead atoms. The molecule has 1 aliphatic heterocycles. The molecule has 1 aromatic heterocycles. The first-order valence-electron chi connectivity index (χ1n) is 6.83. The molecule has 1 fully saturated rings. The first-order chi connectivity index (χ1) is 10.5. The second kappa shape index (κ2) is 7.08. The number of rotatable bonds is 4. The fourth-order valence-electron chi connectivity index (χ4n) is 2.34. The Morgan fingerprint density at radius 3 is 3.00 bits per heavy atom. The minimum Gasteiger partial charge on any atom is -0.377 e. The Hall–Kier alpha value is -1.64. The van der Waals surface area contributed by atoms with Crippen LogP contribution in [0.15, 0.2) is 6.20 Å². The number of ether oxygens (including phenoxy) is 2. The van der Waals surface area contributed by atoms with Gasteiger partial charge in [0.25, 0.3) is 5.91 Å². The van der Waals surface area contributed by atoms with E-state index in [1.54, 1.807) is 11.9 Å². The number of nitrogens with one attached hydrogen (secondary N) is 2. The van der Waals surface area contributed by atoms with Crippen molar-refractivity contribution in [1.29, 1.82) is 0 Å². The zero-order chi connectivity index (χ0) is 16.2. The Kier molecular flexibility index (Phi) is 5.38. The van der Waals surface area contributed by atoms with Crippen molar-refractivity contribution in [1.82, 2.24) is 20.4 Å². The molecule has 0 saturated carbocycles. The summed E-state index contributed by atoms with van der Waals surface area (Å²) in [5.74, 6) is -0.481. The van der Waals surface area contributed by atoms with Crippen LogP contribution in [0.2, 0.25) is 5.02 Å². The van der Waals surface area contributed by atoms with Crippen LogP contribution in [0.3, 0.4) is 0 Å². The highest BCUT2D eigenvalue weighted by molar-refractivity contribution is 6.33. The molecule has 0 aromatic carbocycles. The van der Waals surface area contributed by atoms with Gasteiger partial charge < -0.3 is 19.7 Å². The van der Waals surface area contributed by atoms with Crippen LogP contribution in [0.25, 0.3) is 0 Å². The molecule has 2 heterocycles. The normalized spacial score (nSPS) is 22.2. The van der Waals surface area contributed by atoms with Crippen molar-refractivity contribution >= 4 is 23.4 Å². The second-order valence-corrected chi connectivity index (χ2v) is 5.52. The molecule has 1 aliphatic rings. The van der Waals surface area contributed by atoms with Gasteiger partial charge in [-0.25, -0.2) is 0 Å². The van der Waals surface area contributed by atoms with E-state index in [-0.39, 0.29) is 42.1 Å². The van der Waals surface area contributed by atoms with Gasteiger partial charge in [-0.2, -0.15) is 5.10 Å². The summed E-state index contributed by atoms with van der Waals surface area (Å²) in [7, 11) is 3.06. The summed E-state index contributed by atoms with van der Waals surface area (Å²) >= 11 is 5.94. The molecule has 1 aromatic rings. The Morgan fingerprint density at radius 1 is 1.64 bits per heavy atom. The van der Waals surface area contributed by atoms with Crippen molar-refractivity contribution in [2.75, 3.05) is 40.5 Å². The van der Waals surface area contributed by atoms with Gasteiger partial charge in [0.15, 0.2) is 0 Å². The van der Waals surface area contributed by atoms with Gasteiger partial charge >= 0.3 is 0 Å². The van der Waals surface area contributed by atoms with Gasteiger partial charge in [0, 0.05) is 20.7 Å². The quantitative estimate of drug-likeness (QED) is 0.813. The molecule has 2 N–H and O–H groups in total. The topological polar surface area (TPSA) is 96.5 Å². The average molecular weight is 331 g/mol. The predicted molar refractivity (Wildman–Crippen MR) is 78.7 cm³/mol. The third-order valence-electron chi connectivity index (χ3n) is 3.64. The van der Waals surface area contributed by atoms with Crippen LogP contribution >= 0.6 is 11.6 Å². The highest BCUT2D eigenvalue weighted by atomic mass is 35.5. The van der Waals surface area contributed by atoms with Gasteiger partial charge in [0.05, 0.1) is 37.4 Å². The van der Waals surface area contributed by atoms with Crippen LogP contribution in [-0.2, 0) is 14.3 Å². The standard InChI is InChI=1S/C13H19ClN4O4/c1-15-10(19)5-13(21-2)7-18(3-4-22-8-13)12(20)11-9(14)6-16-17-11/h6H,3-5,7-8H2,1-2H3,(H,15,19)(H,16,17)/t13-/m1/s1. The summed E-state index contributed by atoms with van der Waals surface area (Å²) < 4.78 is 11.0. The highest BCUT2D eigenvalue weighted by Crippen LogP contribution is 2.23. The number of carbonyl (C=O) groups is 2. The minimum atomic E-state index is -0.890. The Labute approximate surface area is 133 Å². The van der Waals surface area contributed by atoms with Crippen LogP contribution in [0.5, 0.6) is 0 Å². The van der Waals surface area contributed by atoms with E-state index < -0.39 is 5.60 Å². The summed E-state index contributed by atoms with van der Waals surface area (Å²) in [4.78, 5) is 25.8. The first-order valence-corrected chi connectivity index (χ1v) is 7.21. The number of amides is 2. The summed E-state index contributed by atoms with van der Waals surface area (Å²) in [6, 6.07) is 0. The van der Waals surface area contributed by atoms with E-state index in [2.05, 4.69) is 15.5 Å². The summed E-state index contributed by atoms with van der Waals surface area (Å²) in [6.45, 7) is 1.20. The number of carbonyl (C=O) groups excluding carboxylic acids is 2. The molecule has 0 radical (unpaired) electrons. The van der Waals surface area contributed by atoms with Gasteiger partial charge in [0.1, 0.15) is 11.3 Å². The van der Waals surface area contributed by atoms with E-state index in [1.165, 1.54) is 13.3 Å². The number of aromatic nitrogens is 2. The maximum Gasteiger partial charge on any atom is 0.273 e. The van der Waals surface area contributed by atoms with Gasteiger partial charge in [-0.1, -0.05) is 11.6 Å². The molecule has 2 amide bonds. The lowest BCUT2D eigenvalue weighted by atomic mass is 9.99. The molecule has 8 nitrogen and oxygen atoms in total. The van der Waals surface area contributed by atoms with Crippen molar-refractivity contribution in [2.45, 2.75) is 12.0 Å². The van der Waals surface area contributed by atoms with E-state index in [9.17, 15) is 9.59 Å². The molecule has 0 aliphatic carbocycles. The number of hydrogen-bond acceptors (Lipinski definition) is 5. The van der Waals surface area contributed by atoms with Crippen LogP contribution in [0.4, 0.5) is 0 Å². The van der Waals surface area contributed by atoms with Gasteiger partial charge in [-0.05, 0) is 0 Å². The van der Waals surface area contributed by atoms with E-state index >= 15 is 0 Å². The Bertz CT molecular complexity index is 550. The molecule has 1 saturated heterocycles. The van der Waals surface area contributed by atoms with Gasteiger partial charge in [0.2, 0.25) is 5.91 Å². The zero-order valence-corrected chi connectivity index (χ0v) is 13.3. The SMILES string of the molecule is CNC(=O)C[C@]1(OC)COCCN(C(=O)c2[nH]ncc2Cl)C1. The highest BCUT2D eigenvalue weighted by Gasteiger charge is 2.39. The largest absolute Gasteiger partial charge is 0.377 e. The lowest BCUT2D eigenvalue weighted by Gasteiger charge is -2.33. The summed E-state index contributed by atoms with van der Waals surface area (Å²) in [5.41, 5.74) is -0.674. The lowest BCUT2D eigenvalue weighted by molar-refractivity contribution is -0.131. The smallest absolute Gasteiger partial charge is 0.273 e.